The molecule has 1 saturated carbocycles. The molecule has 1 atom stereocenters. The quantitative estimate of drug-likeness (QED) is 0.742. The molecule has 1 aliphatic rings. The van der Waals surface area contributed by atoms with Gasteiger partial charge in [-0.05, 0) is 49.9 Å². The Hall–Kier alpha value is -1.02. The van der Waals surface area contributed by atoms with E-state index in [0.29, 0.717) is 6.04 Å². The van der Waals surface area contributed by atoms with Crippen LogP contribution in [0.3, 0.4) is 0 Å². The van der Waals surface area contributed by atoms with E-state index in [1.54, 1.807) is 0 Å². The summed E-state index contributed by atoms with van der Waals surface area (Å²) < 4.78 is 5.62. The molecule has 2 nitrogen and oxygen atoms in total. The Labute approximate surface area is 123 Å². The van der Waals surface area contributed by atoms with Crippen molar-refractivity contribution >= 4 is 0 Å². The van der Waals surface area contributed by atoms with Crippen molar-refractivity contribution in [1.29, 1.82) is 0 Å². The standard InChI is InChI=1S/C18H29NO/c1-3-14-20-18-10-8-17(9-11-18)15(2)19-13-12-16-6-4-5-7-16/h8-11,15-16,19H,3-7,12-14H2,1-2H3. The van der Waals surface area contributed by atoms with Crippen LogP contribution in [0.5, 0.6) is 5.75 Å². The molecule has 1 unspecified atom stereocenters. The molecule has 0 bridgehead atoms. The van der Waals surface area contributed by atoms with E-state index in [1.807, 2.05) is 0 Å². The largest absolute Gasteiger partial charge is 0.494 e. The van der Waals surface area contributed by atoms with Gasteiger partial charge in [0, 0.05) is 6.04 Å². The molecular formula is C18H29NO. The van der Waals surface area contributed by atoms with Crippen LogP contribution >= 0.6 is 0 Å². The Kier molecular flexibility index (Phi) is 6.38. The molecular weight excluding hydrogens is 246 g/mol. The van der Waals surface area contributed by atoms with Crippen LogP contribution in [0, 0.1) is 5.92 Å². The lowest BCUT2D eigenvalue weighted by molar-refractivity contribution is 0.317. The zero-order valence-electron chi connectivity index (χ0n) is 13.0. The lowest BCUT2D eigenvalue weighted by Crippen LogP contribution is -2.21. The average molecular weight is 275 g/mol. The topological polar surface area (TPSA) is 21.3 Å². The number of benzene rings is 1. The van der Waals surface area contributed by atoms with Gasteiger partial charge in [0.05, 0.1) is 6.61 Å². The molecule has 1 N–H and O–H groups in total. The molecule has 0 aliphatic heterocycles. The van der Waals surface area contributed by atoms with Crippen molar-refractivity contribution in [3.05, 3.63) is 29.8 Å². The zero-order valence-corrected chi connectivity index (χ0v) is 13.0. The predicted molar refractivity (Wildman–Crippen MR) is 85.2 cm³/mol. The van der Waals surface area contributed by atoms with Crippen molar-refractivity contribution in [2.75, 3.05) is 13.2 Å². The number of hydrogen-bond acceptors (Lipinski definition) is 2. The van der Waals surface area contributed by atoms with Gasteiger partial charge in [0.25, 0.3) is 0 Å². The third kappa shape index (κ3) is 4.82. The fourth-order valence-corrected chi connectivity index (χ4v) is 2.99. The summed E-state index contributed by atoms with van der Waals surface area (Å²) in [6, 6.07) is 8.95. The molecule has 2 heteroatoms. The maximum atomic E-state index is 5.62. The molecule has 0 heterocycles. The molecule has 0 radical (unpaired) electrons. The highest BCUT2D eigenvalue weighted by atomic mass is 16.5. The Balaban J connectivity index is 1.72. The molecule has 20 heavy (non-hydrogen) atoms. The van der Waals surface area contributed by atoms with E-state index in [1.165, 1.54) is 37.7 Å². The smallest absolute Gasteiger partial charge is 0.119 e. The Morgan fingerprint density at radius 3 is 2.55 bits per heavy atom. The van der Waals surface area contributed by atoms with Crippen molar-refractivity contribution in [2.45, 2.75) is 58.4 Å². The van der Waals surface area contributed by atoms with Gasteiger partial charge in [-0.3, -0.25) is 0 Å². The van der Waals surface area contributed by atoms with Gasteiger partial charge in [0.15, 0.2) is 0 Å². The lowest BCUT2D eigenvalue weighted by atomic mass is 10.0. The van der Waals surface area contributed by atoms with Gasteiger partial charge in [-0.2, -0.15) is 0 Å². The number of ether oxygens (including phenoxy) is 1. The summed E-state index contributed by atoms with van der Waals surface area (Å²) in [6.45, 7) is 6.32. The molecule has 0 spiro atoms. The molecule has 112 valence electrons. The van der Waals surface area contributed by atoms with Crippen molar-refractivity contribution < 1.29 is 4.74 Å². The third-order valence-electron chi connectivity index (χ3n) is 4.33. The van der Waals surface area contributed by atoms with Crippen molar-refractivity contribution in [2.24, 2.45) is 5.92 Å². The molecule has 2 rings (SSSR count). The Bertz CT molecular complexity index is 368. The van der Waals surface area contributed by atoms with E-state index in [9.17, 15) is 0 Å². The minimum atomic E-state index is 0.427. The second kappa shape index (κ2) is 8.31. The first kappa shape index (κ1) is 15.4. The Morgan fingerprint density at radius 1 is 1.20 bits per heavy atom. The Morgan fingerprint density at radius 2 is 1.90 bits per heavy atom. The van der Waals surface area contributed by atoms with E-state index in [4.69, 9.17) is 4.74 Å². The van der Waals surface area contributed by atoms with E-state index < -0.39 is 0 Å². The first-order valence-corrected chi connectivity index (χ1v) is 8.25. The maximum absolute atomic E-state index is 5.62. The normalized spacial score (nSPS) is 17.3. The van der Waals surface area contributed by atoms with Crippen LogP contribution in [0.25, 0.3) is 0 Å². The van der Waals surface area contributed by atoms with E-state index in [0.717, 1.165) is 31.2 Å². The van der Waals surface area contributed by atoms with Crippen LogP contribution in [0.2, 0.25) is 0 Å². The van der Waals surface area contributed by atoms with Gasteiger partial charge >= 0.3 is 0 Å². The van der Waals surface area contributed by atoms with Crippen LogP contribution < -0.4 is 10.1 Å². The van der Waals surface area contributed by atoms with Crippen LogP contribution in [0.1, 0.15) is 64.0 Å². The highest BCUT2D eigenvalue weighted by Crippen LogP contribution is 2.27. The summed E-state index contributed by atoms with van der Waals surface area (Å²) in [6.07, 6.45) is 8.17. The minimum Gasteiger partial charge on any atom is -0.494 e. The summed E-state index contributed by atoms with van der Waals surface area (Å²) in [5.41, 5.74) is 1.35. The van der Waals surface area contributed by atoms with Crippen molar-refractivity contribution in [3.63, 3.8) is 0 Å². The first-order valence-electron chi connectivity index (χ1n) is 8.25. The summed E-state index contributed by atoms with van der Waals surface area (Å²) in [7, 11) is 0. The lowest BCUT2D eigenvalue weighted by Gasteiger charge is -2.16. The van der Waals surface area contributed by atoms with Gasteiger partial charge in [-0.25, -0.2) is 0 Å². The molecule has 1 fully saturated rings. The monoisotopic (exact) mass is 275 g/mol. The summed E-state index contributed by atoms with van der Waals surface area (Å²) in [5.74, 6) is 1.95. The van der Waals surface area contributed by atoms with Crippen LogP contribution in [-0.4, -0.2) is 13.2 Å². The van der Waals surface area contributed by atoms with Gasteiger partial charge in [-0.15, -0.1) is 0 Å². The zero-order chi connectivity index (χ0) is 14.2. The second-order valence-electron chi connectivity index (χ2n) is 6.03. The van der Waals surface area contributed by atoms with Gasteiger partial charge in [0.2, 0.25) is 0 Å². The highest BCUT2D eigenvalue weighted by molar-refractivity contribution is 5.28. The maximum Gasteiger partial charge on any atom is 0.119 e. The van der Waals surface area contributed by atoms with Crippen LogP contribution in [-0.2, 0) is 0 Å². The molecule has 0 saturated heterocycles. The first-order chi connectivity index (χ1) is 9.79. The molecule has 1 aromatic rings. The highest BCUT2D eigenvalue weighted by Gasteiger charge is 2.14. The SMILES string of the molecule is CCCOc1ccc(C(C)NCCC2CCCC2)cc1. The minimum absolute atomic E-state index is 0.427. The van der Waals surface area contributed by atoms with Gasteiger partial charge in [-0.1, -0.05) is 44.7 Å². The third-order valence-corrected chi connectivity index (χ3v) is 4.33. The van der Waals surface area contributed by atoms with E-state index >= 15 is 0 Å². The number of nitrogens with one attached hydrogen (secondary N) is 1. The summed E-state index contributed by atoms with van der Waals surface area (Å²) in [4.78, 5) is 0. The van der Waals surface area contributed by atoms with Crippen molar-refractivity contribution in [1.82, 2.24) is 5.32 Å². The van der Waals surface area contributed by atoms with Crippen LogP contribution in [0.4, 0.5) is 0 Å². The summed E-state index contributed by atoms with van der Waals surface area (Å²) >= 11 is 0. The summed E-state index contributed by atoms with van der Waals surface area (Å²) in [5, 5.41) is 3.65. The molecule has 1 aromatic carbocycles. The number of rotatable bonds is 8. The predicted octanol–water partition coefficient (Wildman–Crippen LogP) is 4.71. The van der Waals surface area contributed by atoms with E-state index in [-0.39, 0.29) is 0 Å². The number of hydrogen-bond donors (Lipinski definition) is 1. The van der Waals surface area contributed by atoms with Gasteiger partial charge < -0.3 is 10.1 Å². The fourth-order valence-electron chi connectivity index (χ4n) is 2.99. The van der Waals surface area contributed by atoms with Gasteiger partial charge in [0.1, 0.15) is 5.75 Å². The second-order valence-corrected chi connectivity index (χ2v) is 6.03. The van der Waals surface area contributed by atoms with Crippen molar-refractivity contribution in [3.8, 4) is 5.75 Å². The molecule has 0 amide bonds. The fraction of sp³-hybridized carbons (Fsp3) is 0.667. The van der Waals surface area contributed by atoms with Crippen LogP contribution in [0.15, 0.2) is 24.3 Å². The molecule has 1 aliphatic carbocycles. The van der Waals surface area contributed by atoms with E-state index in [2.05, 4.69) is 43.4 Å². The molecule has 0 aromatic heterocycles. The average Bonchev–Trinajstić information content (AvgIpc) is 2.99.